The second kappa shape index (κ2) is 5.07. The van der Waals surface area contributed by atoms with Crippen molar-refractivity contribution in [3.8, 4) is 17.6 Å². The van der Waals surface area contributed by atoms with Gasteiger partial charge in [0.05, 0.1) is 12.7 Å². The van der Waals surface area contributed by atoms with E-state index in [0.29, 0.717) is 11.3 Å². The highest BCUT2D eigenvalue weighted by atomic mass is 16.5. The molecule has 90 valence electrons. The van der Waals surface area contributed by atoms with E-state index in [-0.39, 0.29) is 11.7 Å². The van der Waals surface area contributed by atoms with Gasteiger partial charge in [-0.1, -0.05) is 0 Å². The van der Waals surface area contributed by atoms with Gasteiger partial charge in [-0.3, -0.25) is 0 Å². The number of hydrogen-bond acceptors (Lipinski definition) is 4. The molecule has 0 saturated carbocycles. The van der Waals surface area contributed by atoms with E-state index in [4.69, 9.17) is 10.00 Å². The smallest absolute Gasteiger partial charge is 0.140 e. The molecule has 0 amide bonds. The number of phenolic OH excluding ortho intramolecular Hbond substituents is 1. The van der Waals surface area contributed by atoms with Crippen molar-refractivity contribution in [3.05, 3.63) is 23.3 Å². The van der Waals surface area contributed by atoms with Gasteiger partial charge < -0.3 is 15.2 Å². The zero-order valence-electron chi connectivity index (χ0n) is 9.86. The standard InChI is InChI=1S/C13H16N2O2/c1-17-13-6-12(16)11(5-10(13)7-14)9-3-2-4-15-8-9/h5-6,9,15-16H,2-4,8H2,1H3. The number of nitriles is 1. The fraction of sp³-hybridized carbons (Fsp3) is 0.462. The van der Waals surface area contributed by atoms with E-state index >= 15 is 0 Å². The fourth-order valence-electron chi connectivity index (χ4n) is 2.29. The second-order valence-corrected chi connectivity index (χ2v) is 4.27. The van der Waals surface area contributed by atoms with Crippen molar-refractivity contribution in [2.24, 2.45) is 0 Å². The van der Waals surface area contributed by atoms with E-state index in [9.17, 15) is 5.11 Å². The van der Waals surface area contributed by atoms with Crippen LogP contribution in [0.4, 0.5) is 0 Å². The Balaban J connectivity index is 2.37. The summed E-state index contributed by atoms with van der Waals surface area (Å²) >= 11 is 0. The SMILES string of the molecule is COc1cc(O)c(C2CCCNC2)cc1C#N. The van der Waals surface area contributed by atoms with Crippen molar-refractivity contribution < 1.29 is 9.84 Å². The maximum absolute atomic E-state index is 9.98. The molecule has 1 unspecified atom stereocenters. The van der Waals surface area contributed by atoms with Crippen LogP contribution in [0.15, 0.2) is 12.1 Å². The highest BCUT2D eigenvalue weighted by Gasteiger charge is 2.20. The third-order valence-electron chi connectivity index (χ3n) is 3.21. The van der Waals surface area contributed by atoms with Crippen LogP contribution in [0.1, 0.15) is 29.9 Å². The number of nitrogens with zero attached hydrogens (tertiary/aromatic N) is 1. The van der Waals surface area contributed by atoms with Crippen LogP contribution in [-0.4, -0.2) is 25.3 Å². The normalized spacial score (nSPS) is 19.6. The number of piperidine rings is 1. The third-order valence-corrected chi connectivity index (χ3v) is 3.21. The van der Waals surface area contributed by atoms with Crippen LogP contribution < -0.4 is 10.1 Å². The zero-order chi connectivity index (χ0) is 12.3. The van der Waals surface area contributed by atoms with Gasteiger partial charge in [0.1, 0.15) is 17.6 Å². The maximum Gasteiger partial charge on any atom is 0.140 e. The van der Waals surface area contributed by atoms with Gasteiger partial charge >= 0.3 is 0 Å². The number of methoxy groups -OCH3 is 1. The van der Waals surface area contributed by atoms with Crippen LogP contribution in [0.25, 0.3) is 0 Å². The highest BCUT2D eigenvalue weighted by molar-refractivity contribution is 5.52. The number of aromatic hydroxyl groups is 1. The molecule has 17 heavy (non-hydrogen) atoms. The summed E-state index contributed by atoms with van der Waals surface area (Å²) in [6.07, 6.45) is 2.13. The van der Waals surface area contributed by atoms with E-state index in [1.165, 1.54) is 13.2 Å². The van der Waals surface area contributed by atoms with Gasteiger partial charge in [-0.25, -0.2) is 0 Å². The van der Waals surface area contributed by atoms with Gasteiger partial charge in [-0.05, 0) is 31.0 Å². The molecule has 4 nitrogen and oxygen atoms in total. The number of hydrogen-bond donors (Lipinski definition) is 2. The first-order chi connectivity index (χ1) is 8.26. The van der Waals surface area contributed by atoms with Gasteiger partial charge in [-0.2, -0.15) is 5.26 Å². The Hall–Kier alpha value is -1.73. The van der Waals surface area contributed by atoms with E-state index in [2.05, 4.69) is 11.4 Å². The quantitative estimate of drug-likeness (QED) is 0.815. The molecule has 1 saturated heterocycles. The monoisotopic (exact) mass is 232 g/mol. The first kappa shape index (κ1) is 11.7. The van der Waals surface area contributed by atoms with Crippen molar-refractivity contribution in [1.82, 2.24) is 5.32 Å². The number of phenols is 1. The fourth-order valence-corrected chi connectivity index (χ4v) is 2.29. The lowest BCUT2D eigenvalue weighted by atomic mass is 9.90. The zero-order valence-corrected chi connectivity index (χ0v) is 9.86. The summed E-state index contributed by atoms with van der Waals surface area (Å²) in [5, 5.41) is 22.3. The van der Waals surface area contributed by atoms with Crippen molar-refractivity contribution in [2.45, 2.75) is 18.8 Å². The molecule has 2 rings (SSSR count). The largest absolute Gasteiger partial charge is 0.508 e. The predicted octanol–water partition coefficient (Wildman–Crippen LogP) is 1.74. The van der Waals surface area contributed by atoms with Crippen molar-refractivity contribution in [2.75, 3.05) is 20.2 Å². The molecule has 0 aromatic heterocycles. The maximum atomic E-state index is 9.98. The minimum absolute atomic E-state index is 0.217. The van der Waals surface area contributed by atoms with Crippen molar-refractivity contribution in [3.63, 3.8) is 0 Å². The van der Waals surface area contributed by atoms with Crippen molar-refractivity contribution in [1.29, 1.82) is 5.26 Å². The molecular weight excluding hydrogens is 216 g/mol. The van der Waals surface area contributed by atoms with Crippen LogP contribution in [0, 0.1) is 11.3 Å². The van der Waals surface area contributed by atoms with Crippen LogP contribution in [-0.2, 0) is 0 Å². The van der Waals surface area contributed by atoms with Gasteiger partial charge in [-0.15, -0.1) is 0 Å². The average Bonchev–Trinajstić information content (AvgIpc) is 2.39. The lowest BCUT2D eigenvalue weighted by Crippen LogP contribution is -2.28. The minimum atomic E-state index is 0.217. The molecular formula is C13H16N2O2. The molecule has 4 heteroatoms. The summed E-state index contributed by atoms with van der Waals surface area (Å²) in [6, 6.07) is 5.37. The van der Waals surface area contributed by atoms with E-state index in [1.807, 2.05) is 0 Å². The molecule has 1 heterocycles. The van der Waals surface area contributed by atoms with Crippen LogP contribution in [0.2, 0.25) is 0 Å². The van der Waals surface area contributed by atoms with Crippen LogP contribution in [0.5, 0.6) is 11.5 Å². The molecule has 1 aliphatic rings. The van der Waals surface area contributed by atoms with E-state index in [1.54, 1.807) is 6.07 Å². The summed E-state index contributed by atoms with van der Waals surface area (Å²) in [5.74, 6) is 0.925. The van der Waals surface area contributed by atoms with Crippen LogP contribution in [0.3, 0.4) is 0 Å². The molecule has 1 aromatic rings. The molecule has 0 radical (unpaired) electrons. The third kappa shape index (κ3) is 2.34. The molecule has 0 spiro atoms. The van der Waals surface area contributed by atoms with Gasteiger partial charge in [0.15, 0.2) is 0 Å². The first-order valence-corrected chi connectivity index (χ1v) is 5.78. The molecule has 1 fully saturated rings. The summed E-state index contributed by atoms with van der Waals surface area (Å²) in [5.41, 5.74) is 1.32. The van der Waals surface area contributed by atoms with E-state index < -0.39 is 0 Å². The van der Waals surface area contributed by atoms with Crippen LogP contribution >= 0.6 is 0 Å². The van der Waals surface area contributed by atoms with Gasteiger partial charge in [0, 0.05) is 18.5 Å². The molecule has 0 bridgehead atoms. The molecule has 1 aromatic carbocycles. The number of ether oxygens (including phenoxy) is 1. The summed E-state index contributed by atoms with van der Waals surface area (Å²) in [4.78, 5) is 0. The Morgan fingerprint density at radius 2 is 2.35 bits per heavy atom. The Morgan fingerprint density at radius 1 is 1.53 bits per heavy atom. The number of rotatable bonds is 2. The van der Waals surface area contributed by atoms with E-state index in [0.717, 1.165) is 31.5 Å². The van der Waals surface area contributed by atoms with Crippen molar-refractivity contribution >= 4 is 0 Å². The highest BCUT2D eigenvalue weighted by Crippen LogP contribution is 2.35. The summed E-state index contributed by atoms with van der Waals surface area (Å²) in [7, 11) is 1.50. The number of nitrogens with one attached hydrogen (secondary N) is 1. The topological polar surface area (TPSA) is 65.3 Å². The lowest BCUT2D eigenvalue weighted by Gasteiger charge is -2.24. The number of benzene rings is 1. The summed E-state index contributed by atoms with van der Waals surface area (Å²) in [6.45, 7) is 1.88. The second-order valence-electron chi connectivity index (χ2n) is 4.27. The Kier molecular flexibility index (Phi) is 3.50. The predicted molar refractivity (Wildman–Crippen MR) is 64.2 cm³/mol. The molecule has 1 atom stereocenters. The Bertz CT molecular complexity index is 445. The first-order valence-electron chi connectivity index (χ1n) is 5.78. The average molecular weight is 232 g/mol. The lowest BCUT2D eigenvalue weighted by molar-refractivity contribution is 0.398. The van der Waals surface area contributed by atoms with Gasteiger partial charge in [0.25, 0.3) is 0 Å². The Morgan fingerprint density at radius 3 is 2.94 bits per heavy atom. The van der Waals surface area contributed by atoms with Gasteiger partial charge in [0.2, 0.25) is 0 Å². The molecule has 0 aliphatic carbocycles. The minimum Gasteiger partial charge on any atom is -0.508 e. The molecule has 2 N–H and O–H groups in total. The summed E-state index contributed by atoms with van der Waals surface area (Å²) < 4.78 is 5.06. The Labute approximate surface area is 101 Å². The molecule has 1 aliphatic heterocycles.